The standard InChI is InChI=1S/C27H25F4N4O2P/c28-19-8-2-6-16-5-1-7-17(20(16)19)21-23(38)22-18(13-32-21)24(36-15-27(29,30)31)34-25(33-22)37-14-26-9-3-11-35(26)12-4-10-26/h1-2,5-8,13H,3-4,9-12,14-15,38H2. The van der Waals surface area contributed by atoms with Gasteiger partial charge in [-0.25, -0.2) is 4.39 Å². The van der Waals surface area contributed by atoms with Crippen molar-refractivity contribution in [1.29, 1.82) is 0 Å². The van der Waals surface area contributed by atoms with Gasteiger partial charge >= 0.3 is 12.2 Å². The molecule has 11 heteroatoms. The fraction of sp³-hybridized carbons (Fsp3) is 0.370. The Kier molecular flexibility index (Phi) is 6.35. The van der Waals surface area contributed by atoms with Crippen LogP contribution in [-0.2, 0) is 0 Å². The molecule has 2 saturated heterocycles. The fourth-order valence-electron chi connectivity index (χ4n) is 5.75. The molecule has 198 valence electrons. The van der Waals surface area contributed by atoms with E-state index < -0.39 is 18.6 Å². The van der Waals surface area contributed by atoms with Crippen LogP contribution in [-0.4, -0.2) is 57.9 Å². The lowest BCUT2D eigenvalue weighted by Gasteiger charge is -2.31. The summed E-state index contributed by atoms with van der Waals surface area (Å²) in [5.41, 5.74) is 1.18. The molecule has 2 aliphatic heterocycles. The second kappa shape index (κ2) is 9.58. The lowest BCUT2D eigenvalue weighted by atomic mass is 9.95. The summed E-state index contributed by atoms with van der Waals surface area (Å²) in [4.78, 5) is 15.7. The Hall–Kier alpha value is -3.10. The van der Waals surface area contributed by atoms with Gasteiger partial charge in [-0.05, 0) is 50.2 Å². The summed E-state index contributed by atoms with van der Waals surface area (Å²) in [7, 11) is 2.54. The molecule has 0 amide bonds. The number of hydrogen-bond donors (Lipinski definition) is 0. The van der Waals surface area contributed by atoms with Crippen molar-refractivity contribution in [2.45, 2.75) is 37.4 Å². The number of fused-ring (bicyclic) bond motifs is 3. The normalized spacial score (nSPS) is 17.3. The van der Waals surface area contributed by atoms with Crippen LogP contribution in [0.5, 0.6) is 11.9 Å². The number of ether oxygens (including phenoxy) is 2. The molecule has 2 fully saturated rings. The number of halogens is 4. The first kappa shape index (κ1) is 25.2. The van der Waals surface area contributed by atoms with Gasteiger partial charge in [-0.3, -0.25) is 9.88 Å². The largest absolute Gasteiger partial charge is 0.467 e. The maximum absolute atomic E-state index is 14.9. The minimum atomic E-state index is -4.55. The molecule has 1 atom stereocenters. The summed E-state index contributed by atoms with van der Waals surface area (Å²) in [6, 6.07) is 10.1. The van der Waals surface area contributed by atoms with E-state index in [1.54, 1.807) is 30.3 Å². The van der Waals surface area contributed by atoms with Gasteiger partial charge in [0.2, 0.25) is 5.88 Å². The van der Waals surface area contributed by atoms with E-state index in [0.29, 0.717) is 39.5 Å². The summed E-state index contributed by atoms with van der Waals surface area (Å²) in [6.07, 6.45) is 0.953. The van der Waals surface area contributed by atoms with Gasteiger partial charge in [0.05, 0.1) is 22.1 Å². The van der Waals surface area contributed by atoms with Gasteiger partial charge < -0.3 is 9.47 Å². The van der Waals surface area contributed by atoms with Crippen molar-refractivity contribution in [3.63, 3.8) is 0 Å². The molecule has 1 unspecified atom stereocenters. The Morgan fingerprint density at radius 1 is 1.00 bits per heavy atom. The van der Waals surface area contributed by atoms with Gasteiger partial charge in [-0.1, -0.05) is 30.3 Å². The number of hydrogen-bond acceptors (Lipinski definition) is 6. The molecule has 0 spiro atoms. The van der Waals surface area contributed by atoms with Crippen molar-refractivity contribution in [1.82, 2.24) is 19.9 Å². The molecule has 0 N–H and O–H groups in total. The number of aromatic nitrogens is 3. The molecule has 4 heterocycles. The Bertz CT molecular complexity index is 1520. The van der Waals surface area contributed by atoms with E-state index in [4.69, 9.17) is 9.47 Å². The van der Waals surface area contributed by atoms with E-state index in [0.717, 1.165) is 38.8 Å². The van der Waals surface area contributed by atoms with Gasteiger partial charge in [-0.15, -0.1) is 9.24 Å². The third-order valence-electron chi connectivity index (χ3n) is 7.49. The second-order valence-corrected chi connectivity index (χ2v) is 10.4. The monoisotopic (exact) mass is 544 g/mol. The average Bonchev–Trinajstić information content (AvgIpc) is 3.47. The highest BCUT2D eigenvalue weighted by atomic mass is 31.0. The molecule has 2 aliphatic rings. The molecule has 0 bridgehead atoms. The fourth-order valence-corrected chi connectivity index (χ4v) is 6.20. The molecule has 6 rings (SSSR count). The van der Waals surface area contributed by atoms with Crippen LogP contribution < -0.4 is 14.8 Å². The first-order valence-electron chi connectivity index (χ1n) is 12.5. The maximum atomic E-state index is 14.9. The summed E-state index contributed by atoms with van der Waals surface area (Å²) >= 11 is 0. The van der Waals surface area contributed by atoms with Crippen LogP contribution in [0.25, 0.3) is 32.9 Å². The number of nitrogens with zero attached hydrogens (tertiary/aromatic N) is 4. The molecule has 2 aromatic carbocycles. The first-order valence-corrected chi connectivity index (χ1v) is 13.0. The van der Waals surface area contributed by atoms with Crippen LogP contribution in [0, 0.1) is 5.82 Å². The highest BCUT2D eigenvalue weighted by molar-refractivity contribution is 7.28. The molecular weight excluding hydrogens is 519 g/mol. The van der Waals surface area contributed by atoms with E-state index in [9.17, 15) is 17.6 Å². The second-order valence-electron chi connectivity index (χ2n) is 9.85. The zero-order valence-electron chi connectivity index (χ0n) is 20.4. The van der Waals surface area contributed by atoms with Crippen LogP contribution >= 0.6 is 9.24 Å². The van der Waals surface area contributed by atoms with Gasteiger partial charge in [-0.2, -0.15) is 23.1 Å². The lowest BCUT2D eigenvalue weighted by Crippen LogP contribution is -2.43. The van der Waals surface area contributed by atoms with Gasteiger partial charge in [0.1, 0.15) is 12.4 Å². The average molecular weight is 544 g/mol. The predicted molar refractivity (Wildman–Crippen MR) is 139 cm³/mol. The van der Waals surface area contributed by atoms with E-state index in [2.05, 4.69) is 29.1 Å². The highest BCUT2D eigenvalue weighted by Gasteiger charge is 2.45. The van der Waals surface area contributed by atoms with Crippen molar-refractivity contribution in [3.8, 4) is 23.1 Å². The summed E-state index contributed by atoms with van der Waals surface area (Å²) in [5.74, 6) is -0.663. The van der Waals surface area contributed by atoms with Crippen LogP contribution in [0.3, 0.4) is 0 Å². The van der Waals surface area contributed by atoms with Crippen molar-refractivity contribution < 1.29 is 27.0 Å². The summed E-state index contributed by atoms with van der Waals surface area (Å²) in [6.45, 7) is 0.844. The molecule has 6 nitrogen and oxygen atoms in total. The number of alkyl halides is 3. The smallest absolute Gasteiger partial charge is 0.422 e. The van der Waals surface area contributed by atoms with Crippen LogP contribution in [0.1, 0.15) is 25.7 Å². The van der Waals surface area contributed by atoms with Crippen molar-refractivity contribution >= 4 is 36.2 Å². The molecule has 0 radical (unpaired) electrons. The van der Waals surface area contributed by atoms with Crippen LogP contribution in [0.2, 0.25) is 0 Å². The third-order valence-corrected chi connectivity index (χ3v) is 8.03. The van der Waals surface area contributed by atoms with E-state index in [1.165, 1.54) is 12.3 Å². The number of pyridine rings is 1. The zero-order chi connectivity index (χ0) is 26.5. The molecule has 2 aromatic heterocycles. The van der Waals surface area contributed by atoms with E-state index in [-0.39, 0.29) is 22.8 Å². The molecule has 38 heavy (non-hydrogen) atoms. The van der Waals surface area contributed by atoms with Crippen LogP contribution in [0.15, 0.2) is 42.6 Å². The molecule has 4 aromatic rings. The van der Waals surface area contributed by atoms with Crippen molar-refractivity contribution in [2.24, 2.45) is 0 Å². The van der Waals surface area contributed by atoms with E-state index in [1.807, 2.05) is 0 Å². The van der Waals surface area contributed by atoms with Crippen molar-refractivity contribution in [3.05, 3.63) is 48.4 Å². The summed E-state index contributed by atoms with van der Waals surface area (Å²) < 4.78 is 65.1. The Morgan fingerprint density at radius 3 is 2.47 bits per heavy atom. The molecule has 0 aliphatic carbocycles. The Balaban J connectivity index is 1.45. The van der Waals surface area contributed by atoms with Gasteiger partial charge in [0.25, 0.3) is 0 Å². The third kappa shape index (κ3) is 4.54. The minimum absolute atomic E-state index is 0.0623. The number of rotatable bonds is 6. The van der Waals surface area contributed by atoms with Crippen LogP contribution in [0.4, 0.5) is 17.6 Å². The lowest BCUT2D eigenvalue weighted by molar-refractivity contribution is -0.153. The minimum Gasteiger partial charge on any atom is -0.467 e. The van der Waals surface area contributed by atoms with Crippen molar-refractivity contribution in [2.75, 3.05) is 26.3 Å². The number of benzene rings is 2. The zero-order valence-corrected chi connectivity index (χ0v) is 21.5. The first-order chi connectivity index (χ1) is 18.2. The summed E-state index contributed by atoms with van der Waals surface area (Å²) in [5, 5.41) is 1.78. The molecule has 0 saturated carbocycles. The van der Waals surface area contributed by atoms with Gasteiger partial charge in [0.15, 0.2) is 6.61 Å². The Labute approximate surface area is 218 Å². The topological polar surface area (TPSA) is 60.4 Å². The predicted octanol–water partition coefficient (Wildman–Crippen LogP) is 5.43. The van der Waals surface area contributed by atoms with Gasteiger partial charge in [0, 0.05) is 22.5 Å². The quantitative estimate of drug-likeness (QED) is 0.238. The van der Waals surface area contributed by atoms with E-state index >= 15 is 0 Å². The SMILES string of the molecule is Fc1cccc2cccc(-c3ncc4c(OCC(F)(F)F)nc(OCC56CCCN5CCC6)nc4c3P)c12. The highest BCUT2D eigenvalue weighted by Crippen LogP contribution is 2.39. The molecular formula is C27H25F4N4O2P. The Morgan fingerprint density at radius 2 is 1.74 bits per heavy atom. The maximum Gasteiger partial charge on any atom is 0.422 e.